The highest BCUT2D eigenvalue weighted by molar-refractivity contribution is 5.75. The van der Waals surface area contributed by atoms with Gasteiger partial charge in [-0.3, -0.25) is 9.69 Å². The van der Waals surface area contributed by atoms with Crippen LogP contribution in [0, 0.1) is 11.3 Å². The summed E-state index contributed by atoms with van der Waals surface area (Å²) in [6.45, 7) is 4.87. The zero-order valence-electron chi connectivity index (χ0n) is 10.2. The molecule has 0 heterocycles. The van der Waals surface area contributed by atoms with E-state index in [9.17, 15) is 4.79 Å². The lowest BCUT2D eigenvalue weighted by Gasteiger charge is -2.24. The van der Waals surface area contributed by atoms with Gasteiger partial charge in [0.15, 0.2) is 0 Å². The standard InChI is InChI=1S/C13H17N3O/c1-10(2)16(9-13(15)17)8-12-5-3-4-11(6-12)7-14/h3-6,10H,8-9H2,1-2H3,(H2,15,17). The largest absolute Gasteiger partial charge is 0.369 e. The molecule has 0 aliphatic rings. The van der Waals surface area contributed by atoms with Crippen LogP contribution in [-0.2, 0) is 11.3 Å². The second kappa shape index (κ2) is 6.02. The fourth-order valence-electron chi connectivity index (χ4n) is 1.59. The number of nitrogens with two attached hydrogens (primary N) is 1. The molecule has 4 nitrogen and oxygen atoms in total. The van der Waals surface area contributed by atoms with Gasteiger partial charge in [-0.15, -0.1) is 0 Å². The van der Waals surface area contributed by atoms with Crippen LogP contribution in [0.25, 0.3) is 0 Å². The van der Waals surface area contributed by atoms with Gasteiger partial charge in [0.25, 0.3) is 0 Å². The molecule has 0 aromatic heterocycles. The second-order valence-corrected chi connectivity index (χ2v) is 4.28. The molecule has 1 aromatic carbocycles. The van der Waals surface area contributed by atoms with Crippen molar-refractivity contribution in [3.63, 3.8) is 0 Å². The Balaban J connectivity index is 2.79. The summed E-state index contributed by atoms with van der Waals surface area (Å²) in [4.78, 5) is 12.9. The van der Waals surface area contributed by atoms with Gasteiger partial charge >= 0.3 is 0 Å². The van der Waals surface area contributed by atoms with E-state index in [4.69, 9.17) is 11.0 Å². The van der Waals surface area contributed by atoms with Gasteiger partial charge in [0.1, 0.15) is 0 Å². The van der Waals surface area contributed by atoms with E-state index in [1.165, 1.54) is 0 Å². The van der Waals surface area contributed by atoms with Crippen molar-refractivity contribution in [2.24, 2.45) is 5.73 Å². The number of carbonyl (C=O) groups is 1. The van der Waals surface area contributed by atoms with E-state index in [0.717, 1.165) is 5.56 Å². The fourth-order valence-corrected chi connectivity index (χ4v) is 1.59. The van der Waals surface area contributed by atoms with Gasteiger partial charge in [0.05, 0.1) is 18.2 Å². The number of nitriles is 1. The molecular formula is C13H17N3O. The number of primary amides is 1. The van der Waals surface area contributed by atoms with E-state index in [2.05, 4.69) is 6.07 Å². The van der Waals surface area contributed by atoms with Crippen LogP contribution in [0.4, 0.5) is 0 Å². The van der Waals surface area contributed by atoms with Crippen LogP contribution in [0.2, 0.25) is 0 Å². The average molecular weight is 231 g/mol. The number of carbonyl (C=O) groups excluding carboxylic acids is 1. The highest BCUT2D eigenvalue weighted by atomic mass is 16.1. The van der Waals surface area contributed by atoms with Crippen molar-refractivity contribution < 1.29 is 4.79 Å². The highest BCUT2D eigenvalue weighted by Gasteiger charge is 2.12. The van der Waals surface area contributed by atoms with Crippen LogP contribution in [-0.4, -0.2) is 23.4 Å². The van der Waals surface area contributed by atoms with Crippen LogP contribution in [0.15, 0.2) is 24.3 Å². The molecule has 90 valence electrons. The molecule has 0 saturated carbocycles. The topological polar surface area (TPSA) is 70.1 Å². The van der Waals surface area contributed by atoms with Crippen molar-refractivity contribution in [3.05, 3.63) is 35.4 Å². The summed E-state index contributed by atoms with van der Waals surface area (Å²) < 4.78 is 0. The second-order valence-electron chi connectivity index (χ2n) is 4.28. The predicted molar refractivity (Wildman–Crippen MR) is 65.9 cm³/mol. The molecule has 1 rings (SSSR count). The molecule has 0 atom stereocenters. The number of hydrogen-bond acceptors (Lipinski definition) is 3. The molecule has 2 N–H and O–H groups in total. The average Bonchev–Trinajstić information content (AvgIpc) is 2.27. The van der Waals surface area contributed by atoms with Crippen molar-refractivity contribution >= 4 is 5.91 Å². The van der Waals surface area contributed by atoms with Gasteiger partial charge in [-0.25, -0.2) is 0 Å². The summed E-state index contributed by atoms with van der Waals surface area (Å²) in [6.07, 6.45) is 0. The van der Waals surface area contributed by atoms with Crippen LogP contribution in [0.5, 0.6) is 0 Å². The Morgan fingerprint density at radius 1 is 1.53 bits per heavy atom. The minimum Gasteiger partial charge on any atom is -0.369 e. The Labute approximate surface area is 102 Å². The molecule has 0 unspecified atom stereocenters. The number of nitrogens with zero attached hydrogens (tertiary/aromatic N) is 2. The van der Waals surface area contributed by atoms with Gasteiger partial charge in [0, 0.05) is 12.6 Å². The SMILES string of the molecule is CC(C)N(CC(N)=O)Cc1cccc(C#N)c1. The molecule has 1 aromatic rings. The van der Waals surface area contributed by atoms with Gasteiger partial charge in [0.2, 0.25) is 5.91 Å². The first kappa shape index (κ1) is 13.2. The molecule has 0 aliphatic carbocycles. The van der Waals surface area contributed by atoms with Crippen molar-refractivity contribution in [3.8, 4) is 6.07 Å². The number of hydrogen-bond donors (Lipinski definition) is 1. The Morgan fingerprint density at radius 2 is 2.24 bits per heavy atom. The normalized spacial score (nSPS) is 10.5. The van der Waals surface area contributed by atoms with Crippen LogP contribution in [0.1, 0.15) is 25.0 Å². The van der Waals surface area contributed by atoms with E-state index in [0.29, 0.717) is 12.1 Å². The quantitative estimate of drug-likeness (QED) is 0.829. The number of amides is 1. The molecule has 1 amide bonds. The molecule has 0 radical (unpaired) electrons. The fraction of sp³-hybridized carbons (Fsp3) is 0.385. The smallest absolute Gasteiger partial charge is 0.231 e. The van der Waals surface area contributed by atoms with Crippen molar-refractivity contribution in [1.82, 2.24) is 4.90 Å². The molecule has 4 heteroatoms. The molecule has 17 heavy (non-hydrogen) atoms. The first-order valence-corrected chi connectivity index (χ1v) is 5.54. The Morgan fingerprint density at radius 3 is 2.76 bits per heavy atom. The Bertz CT molecular complexity index is 435. The number of rotatable bonds is 5. The highest BCUT2D eigenvalue weighted by Crippen LogP contribution is 2.10. The van der Waals surface area contributed by atoms with Gasteiger partial charge in [-0.2, -0.15) is 5.26 Å². The predicted octanol–water partition coefficient (Wildman–Crippen LogP) is 1.25. The third-order valence-electron chi connectivity index (χ3n) is 2.53. The van der Waals surface area contributed by atoms with Crippen LogP contribution < -0.4 is 5.73 Å². The van der Waals surface area contributed by atoms with E-state index in [1.54, 1.807) is 6.07 Å². The summed E-state index contributed by atoms with van der Waals surface area (Å²) in [5.41, 5.74) is 6.85. The van der Waals surface area contributed by atoms with E-state index in [-0.39, 0.29) is 18.5 Å². The van der Waals surface area contributed by atoms with Crippen molar-refractivity contribution in [2.75, 3.05) is 6.54 Å². The van der Waals surface area contributed by atoms with E-state index in [1.807, 2.05) is 36.9 Å². The van der Waals surface area contributed by atoms with E-state index < -0.39 is 0 Å². The zero-order valence-corrected chi connectivity index (χ0v) is 10.2. The third-order valence-corrected chi connectivity index (χ3v) is 2.53. The summed E-state index contributed by atoms with van der Waals surface area (Å²) >= 11 is 0. The summed E-state index contributed by atoms with van der Waals surface area (Å²) in [7, 11) is 0. The summed E-state index contributed by atoms with van der Waals surface area (Å²) in [5.74, 6) is -0.338. The zero-order chi connectivity index (χ0) is 12.8. The van der Waals surface area contributed by atoms with Gasteiger partial charge < -0.3 is 5.73 Å². The third kappa shape index (κ3) is 4.25. The molecular weight excluding hydrogens is 214 g/mol. The van der Waals surface area contributed by atoms with Gasteiger partial charge in [-0.05, 0) is 31.5 Å². The lowest BCUT2D eigenvalue weighted by Crippen LogP contribution is -2.37. The first-order chi connectivity index (χ1) is 8.02. The van der Waals surface area contributed by atoms with Crippen LogP contribution in [0.3, 0.4) is 0 Å². The Kier molecular flexibility index (Phi) is 4.68. The maximum absolute atomic E-state index is 11.0. The minimum atomic E-state index is -0.338. The molecule has 0 aliphatic heterocycles. The van der Waals surface area contributed by atoms with Crippen LogP contribution >= 0.6 is 0 Å². The lowest BCUT2D eigenvalue weighted by atomic mass is 10.1. The maximum Gasteiger partial charge on any atom is 0.231 e. The number of benzene rings is 1. The Hall–Kier alpha value is -1.86. The minimum absolute atomic E-state index is 0.230. The monoisotopic (exact) mass is 231 g/mol. The summed E-state index contributed by atoms with van der Waals surface area (Å²) in [6, 6.07) is 9.71. The molecule has 0 spiro atoms. The van der Waals surface area contributed by atoms with Crippen molar-refractivity contribution in [1.29, 1.82) is 5.26 Å². The molecule has 0 fully saturated rings. The first-order valence-electron chi connectivity index (χ1n) is 5.54. The molecule has 0 bridgehead atoms. The summed E-state index contributed by atoms with van der Waals surface area (Å²) in [5, 5.41) is 8.81. The maximum atomic E-state index is 11.0. The van der Waals surface area contributed by atoms with Crippen molar-refractivity contribution in [2.45, 2.75) is 26.4 Å². The van der Waals surface area contributed by atoms with E-state index >= 15 is 0 Å². The molecule has 0 saturated heterocycles. The van der Waals surface area contributed by atoms with Gasteiger partial charge in [-0.1, -0.05) is 12.1 Å². The lowest BCUT2D eigenvalue weighted by molar-refractivity contribution is -0.119.